The molecule has 0 aliphatic carbocycles. The van der Waals surface area contributed by atoms with Crippen molar-refractivity contribution in [3.8, 4) is 6.07 Å². The third-order valence-electron chi connectivity index (χ3n) is 6.03. The van der Waals surface area contributed by atoms with Gasteiger partial charge in [-0.05, 0) is 54.8 Å². The zero-order valence-corrected chi connectivity index (χ0v) is 22.0. The van der Waals surface area contributed by atoms with Gasteiger partial charge in [0.25, 0.3) is 11.5 Å². The molecule has 1 N–H and O–H groups in total. The van der Waals surface area contributed by atoms with Gasteiger partial charge in [-0.3, -0.25) is 19.1 Å². The van der Waals surface area contributed by atoms with E-state index in [1.807, 2.05) is 13.0 Å². The number of nitrogens with zero attached hydrogens (tertiary/aromatic N) is 3. The van der Waals surface area contributed by atoms with Gasteiger partial charge in [-0.25, -0.2) is 4.39 Å². The van der Waals surface area contributed by atoms with Crippen molar-refractivity contribution in [3.63, 3.8) is 0 Å². The molecule has 0 saturated carbocycles. The highest BCUT2D eigenvalue weighted by Gasteiger charge is 2.33. The predicted octanol–water partition coefficient (Wildman–Crippen LogP) is 5.57. The molecular weight excluding hydrogens is 511 g/mol. The number of carbonyl (C=O) groups excluding carboxylic acids is 1. The van der Waals surface area contributed by atoms with Crippen LogP contribution in [0.1, 0.15) is 47.8 Å². The first-order valence-electron chi connectivity index (χ1n) is 11.8. The van der Waals surface area contributed by atoms with Crippen molar-refractivity contribution in [3.05, 3.63) is 91.8 Å². The molecule has 1 aliphatic rings. The van der Waals surface area contributed by atoms with Crippen LogP contribution in [0.2, 0.25) is 0 Å². The first kappa shape index (κ1) is 26.4. The lowest BCUT2D eigenvalue weighted by Crippen LogP contribution is -2.28. The molecule has 0 bridgehead atoms. The second kappa shape index (κ2) is 11.6. The number of hydrogen-bond acceptors (Lipinski definition) is 7. The zero-order valence-electron chi connectivity index (χ0n) is 20.4. The Balaban J connectivity index is 1.79. The van der Waals surface area contributed by atoms with Gasteiger partial charge in [0.2, 0.25) is 0 Å². The lowest BCUT2D eigenvalue weighted by Gasteiger charge is -2.20. The van der Waals surface area contributed by atoms with Gasteiger partial charge in [0, 0.05) is 18.7 Å². The van der Waals surface area contributed by atoms with Crippen molar-refractivity contribution >= 4 is 46.1 Å². The van der Waals surface area contributed by atoms with Crippen LogP contribution in [0.3, 0.4) is 0 Å². The summed E-state index contributed by atoms with van der Waals surface area (Å²) in [5, 5.41) is 13.1. The first-order valence-corrected chi connectivity index (χ1v) is 13.0. The minimum Gasteiger partial charge on any atom is -0.467 e. The fraction of sp³-hybridized carbons (Fsp3) is 0.259. The van der Waals surface area contributed by atoms with E-state index in [1.165, 1.54) is 23.3 Å². The Hall–Kier alpha value is -3.68. The molecule has 3 aromatic rings. The molecule has 1 fully saturated rings. The summed E-state index contributed by atoms with van der Waals surface area (Å²) in [4.78, 5) is 28.4. The molecule has 0 unspecified atom stereocenters. The second-order valence-electron chi connectivity index (χ2n) is 8.51. The zero-order chi connectivity index (χ0) is 26.5. The number of carbonyl (C=O) groups is 1. The molecule has 7 nitrogen and oxygen atoms in total. The van der Waals surface area contributed by atoms with Crippen LogP contribution in [0.15, 0.2) is 56.8 Å². The van der Waals surface area contributed by atoms with Gasteiger partial charge in [-0.2, -0.15) is 5.26 Å². The summed E-state index contributed by atoms with van der Waals surface area (Å²) in [7, 11) is 0. The number of amides is 1. The van der Waals surface area contributed by atoms with Crippen molar-refractivity contribution in [2.45, 2.75) is 46.3 Å². The highest BCUT2D eigenvalue weighted by molar-refractivity contribution is 8.26. The minimum absolute atomic E-state index is 0.0285. The van der Waals surface area contributed by atoms with Crippen molar-refractivity contribution in [1.82, 2.24) is 9.47 Å². The fourth-order valence-corrected chi connectivity index (χ4v) is 5.23. The number of thioether (sulfide) groups is 1. The maximum atomic E-state index is 13.4. The summed E-state index contributed by atoms with van der Waals surface area (Å²) in [6.07, 6.45) is 4.80. The summed E-state index contributed by atoms with van der Waals surface area (Å²) >= 11 is 6.62. The number of benzene rings is 1. The monoisotopic (exact) mass is 536 g/mol. The Morgan fingerprint density at radius 2 is 2.00 bits per heavy atom. The van der Waals surface area contributed by atoms with Gasteiger partial charge >= 0.3 is 0 Å². The molecule has 0 spiro atoms. The quantitative estimate of drug-likeness (QED) is 0.282. The average molecular weight is 537 g/mol. The Morgan fingerprint density at radius 3 is 2.65 bits per heavy atom. The van der Waals surface area contributed by atoms with E-state index in [0.29, 0.717) is 45.0 Å². The van der Waals surface area contributed by atoms with E-state index in [9.17, 15) is 19.2 Å². The summed E-state index contributed by atoms with van der Waals surface area (Å²) in [6, 6.07) is 11.6. The third-order valence-corrected chi connectivity index (χ3v) is 7.40. The van der Waals surface area contributed by atoms with E-state index in [1.54, 1.807) is 41.8 Å². The molecule has 0 atom stereocenters. The van der Waals surface area contributed by atoms with Crippen LogP contribution in [0.4, 0.5) is 10.2 Å². The van der Waals surface area contributed by atoms with Gasteiger partial charge in [-0.15, -0.1) is 0 Å². The van der Waals surface area contributed by atoms with E-state index in [-0.39, 0.29) is 23.8 Å². The molecule has 10 heteroatoms. The van der Waals surface area contributed by atoms with Crippen LogP contribution in [-0.2, 0) is 24.4 Å². The Morgan fingerprint density at radius 1 is 1.24 bits per heavy atom. The predicted molar refractivity (Wildman–Crippen MR) is 146 cm³/mol. The van der Waals surface area contributed by atoms with E-state index < -0.39 is 5.56 Å². The largest absolute Gasteiger partial charge is 0.467 e. The van der Waals surface area contributed by atoms with Crippen LogP contribution in [0.5, 0.6) is 0 Å². The molecule has 37 heavy (non-hydrogen) atoms. The second-order valence-corrected chi connectivity index (χ2v) is 10.2. The summed E-state index contributed by atoms with van der Waals surface area (Å²) in [5.41, 5.74) is 1.48. The summed E-state index contributed by atoms with van der Waals surface area (Å²) in [5.74, 6) is 0.487. The molecule has 1 aromatic carbocycles. The third kappa shape index (κ3) is 5.68. The Bertz CT molecular complexity index is 1450. The van der Waals surface area contributed by atoms with Crippen LogP contribution >= 0.6 is 24.0 Å². The van der Waals surface area contributed by atoms with Crippen LogP contribution in [0.25, 0.3) is 6.08 Å². The fourth-order valence-electron chi connectivity index (χ4n) is 4.00. The van der Waals surface area contributed by atoms with Crippen LogP contribution in [-0.4, -0.2) is 19.7 Å². The number of halogens is 1. The number of aromatic nitrogens is 1. The van der Waals surface area contributed by atoms with Gasteiger partial charge in [-0.1, -0.05) is 49.5 Å². The van der Waals surface area contributed by atoms with E-state index in [0.717, 1.165) is 30.2 Å². The van der Waals surface area contributed by atoms with Crippen LogP contribution in [0, 0.1) is 24.1 Å². The molecule has 2 aromatic heterocycles. The number of nitriles is 1. The minimum atomic E-state index is -0.391. The Kier molecular flexibility index (Phi) is 8.26. The lowest BCUT2D eigenvalue weighted by molar-refractivity contribution is -0.122. The normalized spacial score (nSPS) is 14.4. The highest BCUT2D eigenvalue weighted by Crippen LogP contribution is 2.36. The number of hydrogen-bond donors (Lipinski definition) is 1. The molecule has 1 aliphatic heterocycles. The number of rotatable bonds is 9. The van der Waals surface area contributed by atoms with Gasteiger partial charge < -0.3 is 9.73 Å². The van der Waals surface area contributed by atoms with Gasteiger partial charge in [0.15, 0.2) is 0 Å². The molecule has 3 heterocycles. The number of pyridine rings is 1. The smallest absolute Gasteiger partial charge is 0.270 e. The highest BCUT2D eigenvalue weighted by atomic mass is 32.2. The van der Waals surface area contributed by atoms with Gasteiger partial charge in [0.1, 0.15) is 33.3 Å². The SMILES string of the molecule is CCCCn1c(NCc2ccc(F)cc2)c(/C=C2/SC(=S)N(Cc3ccco3)C2=O)c(C)c(C#N)c1=O. The van der Waals surface area contributed by atoms with Crippen molar-refractivity contribution in [2.75, 3.05) is 5.32 Å². The topological polar surface area (TPSA) is 91.3 Å². The number of thiocarbonyl (C=S) groups is 1. The maximum Gasteiger partial charge on any atom is 0.270 e. The number of anilines is 1. The number of unbranched alkanes of at least 4 members (excludes halogenated alkanes) is 1. The summed E-state index contributed by atoms with van der Waals surface area (Å²) in [6.45, 7) is 4.64. The molecule has 4 rings (SSSR count). The average Bonchev–Trinajstić information content (AvgIpc) is 3.49. The van der Waals surface area contributed by atoms with Crippen molar-refractivity contribution in [1.29, 1.82) is 5.26 Å². The molecular formula is C27H25FN4O3S2. The van der Waals surface area contributed by atoms with E-state index >= 15 is 0 Å². The Labute approximate surface area is 223 Å². The van der Waals surface area contributed by atoms with E-state index in [4.69, 9.17) is 16.6 Å². The maximum absolute atomic E-state index is 13.4. The van der Waals surface area contributed by atoms with Crippen molar-refractivity contribution in [2.24, 2.45) is 0 Å². The molecule has 190 valence electrons. The number of nitrogens with one attached hydrogen (secondary N) is 1. The van der Waals surface area contributed by atoms with Gasteiger partial charge in [0.05, 0.1) is 17.7 Å². The standard InChI is InChI=1S/C27H25FN4O3S2/c1-3-4-11-31-24(30-15-18-7-9-19(28)10-8-18)21(17(2)22(14-29)25(31)33)13-23-26(34)32(27(36)37-23)16-20-6-5-12-35-20/h5-10,12-13,30H,3-4,11,15-16H2,1-2H3/b23-13+. The van der Waals surface area contributed by atoms with E-state index in [2.05, 4.69) is 5.32 Å². The molecule has 0 radical (unpaired) electrons. The number of furan rings is 1. The van der Waals surface area contributed by atoms with Crippen molar-refractivity contribution < 1.29 is 13.6 Å². The van der Waals surface area contributed by atoms with Crippen LogP contribution < -0.4 is 10.9 Å². The summed E-state index contributed by atoms with van der Waals surface area (Å²) < 4.78 is 20.7. The lowest BCUT2D eigenvalue weighted by atomic mass is 10.0. The first-order chi connectivity index (χ1) is 17.8. The molecule has 1 amide bonds. The molecule has 1 saturated heterocycles.